The summed E-state index contributed by atoms with van der Waals surface area (Å²) in [6.07, 6.45) is 4.13. The predicted molar refractivity (Wildman–Crippen MR) is 125 cm³/mol. The van der Waals surface area contributed by atoms with Gasteiger partial charge in [-0.1, -0.05) is 54.1 Å². The van der Waals surface area contributed by atoms with Crippen molar-refractivity contribution in [3.8, 4) is 16.9 Å². The average Bonchev–Trinajstić information content (AvgIpc) is 3.19. The van der Waals surface area contributed by atoms with Gasteiger partial charge in [0.15, 0.2) is 0 Å². The Kier molecular flexibility index (Phi) is 6.21. The molecule has 1 aromatic heterocycles. The van der Waals surface area contributed by atoms with Gasteiger partial charge in [0.1, 0.15) is 0 Å². The van der Waals surface area contributed by atoms with Crippen LogP contribution in [0.3, 0.4) is 0 Å². The largest absolute Gasteiger partial charge is 0.325 e. The molecule has 0 radical (unpaired) electrons. The van der Waals surface area contributed by atoms with Crippen molar-refractivity contribution in [2.24, 2.45) is 0 Å². The summed E-state index contributed by atoms with van der Waals surface area (Å²) in [5, 5.41) is 8.45. The SMILES string of the molecule is CSc1ccccc1NC(=O)Cc1cn(-c2ccccc2)nc1-c1ccc(Cl)cc1. The molecule has 0 spiro atoms. The van der Waals surface area contributed by atoms with Crippen LogP contribution in [0, 0.1) is 0 Å². The molecular formula is C24H20ClN3OS. The Hall–Kier alpha value is -3.02. The van der Waals surface area contributed by atoms with E-state index in [2.05, 4.69) is 5.32 Å². The molecule has 1 N–H and O–H groups in total. The molecule has 0 aliphatic carbocycles. The molecule has 4 nitrogen and oxygen atoms in total. The molecule has 4 aromatic rings. The number of para-hydroxylation sites is 2. The zero-order valence-electron chi connectivity index (χ0n) is 16.4. The van der Waals surface area contributed by atoms with Gasteiger partial charge in [0, 0.05) is 27.2 Å². The maximum absolute atomic E-state index is 12.9. The molecule has 0 fully saturated rings. The van der Waals surface area contributed by atoms with Crippen LogP contribution >= 0.6 is 23.4 Å². The summed E-state index contributed by atoms with van der Waals surface area (Å²) in [6.45, 7) is 0. The maximum Gasteiger partial charge on any atom is 0.228 e. The molecule has 1 heterocycles. The van der Waals surface area contributed by atoms with E-state index in [0.29, 0.717) is 5.02 Å². The molecule has 0 saturated heterocycles. The van der Waals surface area contributed by atoms with Crippen LogP contribution in [0.25, 0.3) is 16.9 Å². The van der Waals surface area contributed by atoms with E-state index in [1.165, 1.54) is 0 Å². The molecule has 0 atom stereocenters. The van der Waals surface area contributed by atoms with E-state index in [1.807, 2.05) is 96.0 Å². The van der Waals surface area contributed by atoms with Gasteiger partial charge in [-0.05, 0) is 42.7 Å². The van der Waals surface area contributed by atoms with E-state index in [4.69, 9.17) is 16.7 Å². The Labute approximate surface area is 184 Å². The monoisotopic (exact) mass is 433 g/mol. The molecule has 0 aliphatic rings. The number of rotatable bonds is 6. The average molecular weight is 434 g/mol. The molecule has 0 bridgehead atoms. The lowest BCUT2D eigenvalue weighted by Gasteiger charge is -2.09. The summed E-state index contributed by atoms with van der Waals surface area (Å²) in [5.41, 5.74) is 4.29. The van der Waals surface area contributed by atoms with Crippen LogP contribution in [0.5, 0.6) is 0 Å². The number of hydrogen-bond acceptors (Lipinski definition) is 3. The quantitative estimate of drug-likeness (QED) is 0.374. The second kappa shape index (κ2) is 9.20. The van der Waals surface area contributed by atoms with Gasteiger partial charge < -0.3 is 5.32 Å². The van der Waals surface area contributed by atoms with Gasteiger partial charge in [-0.25, -0.2) is 4.68 Å². The molecular weight excluding hydrogens is 414 g/mol. The van der Waals surface area contributed by atoms with Gasteiger partial charge >= 0.3 is 0 Å². The summed E-state index contributed by atoms with van der Waals surface area (Å²) >= 11 is 7.65. The number of thioether (sulfide) groups is 1. The number of anilines is 1. The van der Waals surface area contributed by atoms with Crippen molar-refractivity contribution >= 4 is 35.0 Å². The highest BCUT2D eigenvalue weighted by molar-refractivity contribution is 7.98. The molecule has 3 aromatic carbocycles. The smallest absolute Gasteiger partial charge is 0.228 e. The highest BCUT2D eigenvalue weighted by Crippen LogP contribution is 2.27. The normalized spacial score (nSPS) is 10.7. The van der Waals surface area contributed by atoms with Crippen molar-refractivity contribution in [3.63, 3.8) is 0 Å². The second-order valence-electron chi connectivity index (χ2n) is 6.72. The van der Waals surface area contributed by atoms with Crippen molar-refractivity contribution in [1.29, 1.82) is 0 Å². The number of aromatic nitrogens is 2. The second-order valence-corrected chi connectivity index (χ2v) is 8.00. The highest BCUT2D eigenvalue weighted by atomic mass is 35.5. The number of benzene rings is 3. The Balaban J connectivity index is 1.66. The first-order valence-electron chi connectivity index (χ1n) is 9.47. The predicted octanol–water partition coefficient (Wildman–Crippen LogP) is 6.10. The van der Waals surface area contributed by atoms with Crippen LogP contribution in [0.2, 0.25) is 5.02 Å². The van der Waals surface area contributed by atoms with Crippen molar-refractivity contribution in [2.75, 3.05) is 11.6 Å². The maximum atomic E-state index is 12.9. The van der Waals surface area contributed by atoms with Crippen LogP contribution in [-0.2, 0) is 11.2 Å². The van der Waals surface area contributed by atoms with Crippen molar-refractivity contribution in [3.05, 3.63) is 95.6 Å². The van der Waals surface area contributed by atoms with Gasteiger partial charge in [0.2, 0.25) is 5.91 Å². The zero-order chi connectivity index (χ0) is 20.9. The fourth-order valence-corrected chi connectivity index (χ4v) is 3.90. The number of carbonyl (C=O) groups is 1. The lowest BCUT2D eigenvalue weighted by atomic mass is 10.1. The van der Waals surface area contributed by atoms with E-state index >= 15 is 0 Å². The number of hydrogen-bond donors (Lipinski definition) is 1. The Morgan fingerprint density at radius 3 is 2.43 bits per heavy atom. The Morgan fingerprint density at radius 1 is 1.00 bits per heavy atom. The first kappa shape index (κ1) is 20.3. The van der Waals surface area contributed by atoms with Gasteiger partial charge in [0.05, 0.1) is 23.5 Å². The topological polar surface area (TPSA) is 46.9 Å². The Morgan fingerprint density at radius 2 is 1.70 bits per heavy atom. The highest BCUT2D eigenvalue weighted by Gasteiger charge is 2.16. The number of amides is 1. The van der Waals surface area contributed by atoms with Crippen molar-refractivity contribution < 1.29 is 4.79 Å². The minimum absolute atomic E-state index is 0.0840. The number of carbonyl (C=O) groups excluding carboxylic acids is 1. The van der Waals surface area contributed by atoms with Gasteiger partial charge in [0.25, 0.3) is 0 Å². The number of nitrogens with one attached hydrogen (secondary N) is 1. The first-order chi connectivity index (χ1) is 14.6. The summed E-state index contributed by atoms with van der Waals surface area (Å²) in [7, 11) is 0. The lowest BCUT2D eigenvalue weighted by Crippen LogP contribution is -2.15. The Bertz CT molecular complexity index is 1160. The van der Waals surface area contributed by atoms with Crippen LogP contribution in [-0.4, -0.2) is 21.9 Å². The number of nitrogens with zero attached hydrogens (tertiary/aromatic N) is 2. The third-order valence-electron chi connectivity index (χ3n) is 4.66. The molecule has 30 heavy (non-hydrogen) atoms. The van der Waals surface area contributed by atoms with E-state index in [-0.39, 0.29) is 12.3 Å². The molecule has 0 unspecified atom stereocenters. The molecule has 0 aliphatic heterocycles. The van der Waals surface area contributed by atoms with E-state index in [1.54, 1.807) is 11.8 Å². The minimum atomic E-state index is -0.0840. The molecule has 0 saturated carbocycles. The molecule has 6 heteroatoms. The number of halogens is 1. The van der Waals surface area contributed by atoms with Crippen LogP contribution in [0.4, 0.5) is 5.69 Å². The summed E-state index contributed by atoms with van der Waals surface area (Å²) in [4.78, 5) is 13.9. The zero-order valence-corrected chi connectivity index (χ0v) is 18.0. The summed E-state index contributed by atoms with van der Waals surface area (Å²) in [6, 6.07) is 25.1. The van der Waals surface area contributed by atoms with Gasteiger partial charge in [-0.3, -0.25) is 4.79 Å². The van der Waals surface area contributed by atoms with E-state index < -0.39 is 0 Å². The van der Waals surface area contributed by atoms with Gasteiger partial charge in [-0.2, -0.15) is 5.10 Å². The lowest BCUT2D eigenvalue weighted by molar-refractivity contribution is -0.115. The minimum Gasteiger partial charge on any atom is -0.325 e. The van der Waals surface area contributed by atoms with Crippen molar-refractivity contribution in [2.45, 2.75) is 11.3 Å². The van der Waals surface area contributed by atoms with Crippen LogP contribution < -0.4 is 5.32 Å². The van der Waals surface area contributed by atoms with Crippen LogP contribution in [0.1, 0.15) is 5.56 Å². The molecule has 4 rings (SSSR count). The fraction of sp³-hybridized carbons (Fsp3) is 0.0833. The molecule has 150 valence electrons. The molecule has 1 amide bonds. The third-order valence-corrected chi connectivity index (χ3v) is 5.71. The first-order valence-corrected chi connectivity index (χ1v) is 11.1. The summed E-state index contributed by atoms with van der Waals surface area (Å²) < 4.78 is 1.81. The van der Waals surface area contributed by atoms with Crippen LogP contribution in [0.15, 0.2) is 90.0 Å². The van der Waals surface area contributed by atoms with E-state index in [9.17, 15) is 4.79 Å². The standard InChI is InChI=1S/C24H20ClN3OS/c1-30-22-10-6-5-9-21(22)26-23(29)15-18-16-28(20-7-3-2-4-8-20)27-24(18)17-11-13-19(25)14-12-17/h2-14,16H,15H2,1H3,(H,26,29). The summed E-state index contributed by atoms with van der Waals surface area (Å²) in [5.74, 6) is -0.0840. The van der Waals surface area contributed by atoms with Gasteiger partial charge in [-0.15, -0.1) is 11.8 Å². The third kappa shape index (κ3) is 4.58. The fourth-order valence-electron chi connectivity index (χ4n) is 3.22. The van der Waals surface area contributed by atoms with Crippen molar-refractivity contribution in [1.82, 2.24) is 9.78 Å². The van der Waals surface area contributed by atoms with E-state index in [0.717, 1.165) is 33.1 Å².